The first-order valence-electron chi connectivity index (χ1n) is 7.41. The predicted molar refractivity (Wildman–Crippen MR) is 86.4 cm³/mol. The molecule has 0 fully saturated rings. The number of halogens is 3. The largest absolute Gasteiger partial charge is 0.421 e. The van der Waals surface area contributed by atoms with Gasteiger partial charge in [0.25, 0.3) is 0 Å². The Labute approximate surface area is 142 Å². The van der Waals surface area contributed by atoms with Crippen molar-refractivity contribution in [1.82, 2.24) is 19.7 Å². The van der Waals surface area contributed by atoms with Crippen molar-refractivity contribution in [3.05, 3.63) is 23.7 Å². The van der Waals surface area contributed by atoms with Gasteiger partial charge < -0.3 is 10.6 Å². The average Bonchev–Trinajstić information content (AvgIpc) is 2.88. The van der Waals surface area contributed by atoms with Gasteiger partial charge >= 0.3 is 6.18 Å². The number of nitrogens with one attached hydrogen (secondary N) is 2. The molecular formula is C15H18F3N7. The van der Waals surface area contributed by atoms with E-state index in [1.165, 1.54) is 7.05 Å². The average molecular weight is 353 g/mol. The van der Waals surface area contributed by atoms with Crippen LogP contribution in [0.2, 0.25) is 0 Å². The van der Waals surface area contributed by atoms with Crippen LogP contribution in [0.25, 0.3) is 0 Å². The molecule has 2 aromatic heterocycles. The molecule has 0 bridgehead atoms. The molecule has 2 rings (SSSR count). The summed E-state index contributed by atoms with van der Waals surface area (Å²) in [6, 6.07) is 2.10. The second-order valence-electron chi connectivity index (χ2n) is 6.05. The van der Waals surface area contributed by atoms with Crippen molar-refractivity contribution in [1.29, 1.82) is 5.26 Å². The molecule has 7 nitrogen and oxygen atoms in total. The SMILES string of the molecule is CNc1nc(Nc2cn(C(C)(C)CC#N)nc2C)ncc1C(F)(F)F. The third kappa shape index (κ3) is 3.99. The number of rotatable bonds is 5. The van der Waals surface area contributed by atoms with E-state index in [2.05, 4.69) is 31.8 Å². The number of hydrogen-bond acceptors (Lipinski definition) is 6. The molecule has 0 saturated carbocycles. The highest BCUT2D eigenvalue weighted by atomic mass is 19.4. The van der Waals surface area contributed by atoms with Crippen molar-refractivity contribution in [3.8, 4) is 6.07 Å². The van der Waals surface area contributed by atoms with Gasteiger partial charge in [0, 0.05) is 19.4 Å². The van der Waals surface area contributed by atoms with Gasteiger partial charge in [0.05, 0.1) is 29.4 Å². The van der Waals surface area contributed by atoms with Crippen LogP contribution in [0.5, 0.6) is 0 Å². The van der Waals surface area contributed by atoms with E-state index < -0.39 is 17.3 Å². The van der Waals surface area contributed by atoms with Crippen molar-refractivity contribution in [3.63, 3.8) is 0 Å². The molecule has 0 atom stereocenters. The maximum atomic E-state index is 12.9. The van der Waals surface area contributed by atoms with Gasteiger partial charge in [-0.2, -0.15) is 28.5 Å². The van der Waals surface area contributed by atoms with Crippen molar-refractivity contribution in [2.45, 2.75) is 38.9 Å². The zero-order chi connectivity index (χ0) is 18.8. The Hall–Kier alpha value is -2.83. The van der Waals surface area contributed by atoms with Crippen molar-refractivity contribution in [2.75, 3.05) is 17.7 Å². The molecule has 2 heterocycles. The van der Waals surface area contributed by atoms with Gasteiger partial charge in [-0.3, -0.25) is 4.68 Å². The monoisotopic (exact) mass is 353 g/mol. The Morgan fingerprint density at radius 2 is 2.00 bits per heavy atom. The highest BCUT2D eigenvalue weighted by molar-refractivity contribution is 5.58. The zero-order valence-electron chi connectivity index (χ0n) is 14.2. The fraction of sp³-hybridized carbons (Fsp3) is 0.467. The molecule has 134 valence electrons. The van der Waals surface area contributed by atoms with Gasteiger partial charge in [0.15, 0.2) is 0 Å². The van der Waals surface area contributed by atoms with Gasteiger partial charge in [-0.25, -0.2) is 4.98 Å². The van der Waals surface area contributed by atoms with E-state index in [4.69, 9.17) is 5.26 Å². The molecule has 0 aliphatic carbocycles. The lowest BCUT2D eigenvalue weighted by atomic mass is 10.0. The van der Waals surface area contributed by atoms with Crippen molar-refractivity contribution >= 4 is 17.5 Å². The van der Waals surface area contributed by atoms with E-state index in [0.717, 1.165) is 6.20 Å². The summed E-state index contributed by atoms with van der Waals surface area (Å²) in [5, 5.41) is 18.5. The molecule has 2 aromatic rings. The molecule has 0 unspecified atom stereocenters. The normalized spacial score (nSPS) is 11.9. The first-order chi connectivity index (χ1) is 11.6. The lowest BCUT2D eigenvalue weighted by Gasteiger charge is -2.21. The minimum atomic E-state index is -4.54. The summed E-state index contributed by atoms with van der Waals surface area (Å²) in [6.07, 6.45) is -1.89. The van der Waals surface area contributed by atoms with Gasteiger partial charge in [0.1, 0.15) is 11.4 Å². The van der Waals surface area contributed by atoms with E-state index >= 15 is 0 Å². The Morgan fingerprint density at radius 1 is 1.32 bits per heavy atom. The van der Waals surface area contributed by atoms with Crippen LogP contribution in [0.1, 0.15) is 31.5 Å². The van der Waals surface area contributed by atoms with Crippen LogP contribution >= 0.6 is 0 Å². The van der Waals surface area contributed by atoms with Gasteiger partial charge in [-0.05, 0) is 20.8 Å². The van der Waals surface area contributed by atoms with Crippen molar-refractivity contribution < 1.29 is 13.2 Å². The highest BCUT2D eigenvalue weighted by Crippen LogP contribution is 2.34. The summed E-state index contributed by atoms with van der Waals surface area (Å²) in [7, 11) is 1.36. The summed E-state index contributed by atoms with van der Waals surface area (Å²) in [4.78, 5) is 7.59. The van der Waals surface area contributed by atoms with E-state index in [1.807, 2.05) is 13.8 Å². The van der Waals surface area contributed by atoms with Gasteiger partial charge in [0.2, 0.25) is 5.95 Å². The van der Waals surface area contributed by atoms with E-state index in [0.29, 0.717) is 11.4 Å². The van der Waals surface area contributed by atoms with Crippen LogP contribution in [-0.2, 0) is 11.7 Å². The molecule has 0 aliphatic rings. The van der Waals surface area contributed by atoms with Gasteiger partial charge in [-0.1, -0.05) is 0 Å². The van der Waals surface area contributed by atoms with Gasteiger partial charge in [-0.15, -0.1) is 0 Å². The Morgan fingerprint density at radius 3 is 2.56 bits per heavy atom. The third-order valence-corrected chi connectivity index (χ3v) is 3.61. The molecule has 0 radical (unpaired) electrons. The van der Waals surface area contributed by atoms with Crippen LogP contribution in [0.4, 0.5) is 30.6 Å². The molecule has 0 saturated heterocycles. The predicted octanol–water partition coefficient (Wildman–Crippen LogP) is 3.43. The molecule has 2 N–H and O–H groups in total. The van der Waals surface area contributed by atoms with E-state index in [9.17, 15) is 13.2 Å². The lowest BCUT2D eigenvalue weighted by molar-refractivity contribution is -0.137. The Bertz CT molecular complexity index is 802. The third-order valence-electron chi connectivity index (χ3n) is 3.61. The Balaban J connectivity index is 2.32. The topological polar surface area (TPSA) is 91.5 Å². The van der Waals surface area contributed by atoms with Crippen LogP contribution in [0, 0.1) is 18.3 Å². The smallest absolute Gasteiger partial charge is 0.372 e. The number of hydrogen-bond donors (Lipinski definition) is 2. The summed E-state index contributed by atoms with van der Waals surface area (Å²) in [5.74, 6) is -0.307. The fourth-order valence-corrected chi connectivity index (χ4v) is 2.13. The Kier molecular flexibility index (Phi) is 4.87. The molecular weight excluding hydrogens is 335 g/mol. The number of alkyl halides is 3. The van der Waals surface area contributed by atoms with E-state index in [-0.39, 0.29) is 18.2 Å². The quantitative estimate of drug-likeness (QED) is 0.856. The molecule has 0 spiro atoms. The van der Waals surface area contributed by atoms with E-state index in [1.54, 1.807) is 17.8 Å². The van der Waals surface area contributed by atoms with Crippen LogP contribution < -0.4 is 10.6 Å². The molecule has 25 heavy (non-hydrogen) atoms. The fourth-order valence-electron chi connectivity index (χ4n) is 2.13. The number of nitriles is 1. The summed E-state index contributed by atoms with van der Waals surface area (Å²) in [5.41, 5.74) is -0.298. The van der Waals surface area contributed by atoms with Crippen LogP contribution in [0.15, 0.2) is 12.4 Å². The number of aromatic nitrogens is 4. The zero-order valence-corrected chi connectivity index (χ0v) is 14.2. The summed E-state index contributed by atoms with van der Waals surface area (Å²) >= 11 is 0. The molecule has 0 aliphatic heterocycles. The lowest BCUT2D eigenvalue weighted by Crippen LogP contribution is -2.26. The van der Waals surface area contributed by atoms with Crippen LogP contribution in [-0.4, -0.2) is 26.8 Å². The first kappa shape index (κ1) is 18.5. The molecule has 0 aromatic carbocycles. The highest BCUT2D eigenvalue weighted by Gasteiger charge is 2.35. The van der Waals surface area contributed by atoms with Crippen molar-refractivity contribution in [2.24, 2.45) is 0 Å². The second-order valence-corrected chi connectivity index (χ2v) is 6.05. The maximum Gasteiger partial charge on any atom is 0.421 e. The summed E-state index contributed by atoms with van der Waals surface area (Å²) < 4.78 is 40.3. The first-order valence-corrected chi connectivity index (χ1v) is 7.41. The maximum absolute atomic E-state index is 12.9. The number of aryl methyl sites for hydroxylation is 1. The number of anilines is 3. The molecule has 10 heteroatoms. The minimum absolute atomic E-state index is 0.0121. The van der Waals surface area contributed by atoms with Crippen LogP contribution in [0.3, 0.4) is 0 Å². The standard InChI is InChI=1S/C15H18F3N7/c1-9-11(8-25(24-9)14(2,3)5-6-19)22-13-21-7-10(15(16,17)18)12(20-4)23-13/h7-8H,5H2,1-4H3,(H2,20,21,22,23). The second kappa shape index (κ2) is 6.58. The summed E-state index contributed by atoms with van der Waals surface area (Å²) in [6.45, 7) is 5.46. The minimum Gasteiger partial charge on any atom is -0.372 e. The molecule has 0 amide bonds. The number of nitrogens with zero attached hydrogens (tertiary/aromatic N) is 5.